The summed E-state index contributed by atoms with van der Waals surface area (Å²) in [5.41, 5.74) is 1.60. The molecule has 2 aromatic heterocycles. The number of hydrogen-bond acceptors (Lipinski definition) is 6. The van der Waals surface area contributed by atoms with E-state index in [1.807, 2.05) is 25.1 Å². The smallest absolute Gasteiger partial charge is 0.275 e. The fraction of sp³-hybridized carbons (Fsp3) is 0.125. The van der Waals surface area contributed by atoms with Crippen LogP contribution in [0.3, 0.4) is 0 Å². The second kappa shape index (κ2) is 6.97. The van der Waals surface area contributed by atoms with Crippen molar-refractivity contribution in [2.45, 2.75) is 6.92 Å². The molecule has 6 nitrogen and oxygen atoms in total. The lowest BCUT2D eigenvalue weighted by atomic mass is 10.3. The van der Waals surface area contributed by atoms with Gasteiger partial charge in [0.2, 0.25) is 0 Å². The van der Waals surface area contributed by atoms with Gasteiger partial charge >= 0.3 is 0 Å². The van der Waals surface area contributed by atoms with Crippen molar-refractivity contribution in [3.63, 3.8) is 0 Å². The van der Waals surface area contributed by atoms with Gasteiger partial charge < -0.3 is 10.1 Å². The number of aromatic nitrogens is 3. The van der Waals surface area contributed by atoms with Gasteiger partial charge in [-0.1, -0.05) is 12.1 Å². The zero-order valence-corrected chi connectivity index (χ0v) is 13.2. The number of nitrogens with zero attached hydrogens (tertiary/aromatic N) is 3. The van der Waals surface area contributed by atoms with Gasteiger partial charge in [-0.2, -0.15) is 0 Å². The number of benzene rings is 1. The molecule has 0 bridgehead atoms. The first-order chi connectivity index (χ1) is 11.3. The summed E-state index contributed by atoms with van der Waals surface area (Å²) in [7, 11) is 0. The predicted molar refractivity (Wildman–Crippen MR) is 88.7 cm³/mol. The van der Waals surface area contributed by atoms with E-state index >= 15 is 0 Å². The molecule has 116 valence electrons. The van der Waals surface area contributed by atoms with Gasteiger partial charge in [0.25, 0.3) is 5.91 Å². The SMILES string of the molecule is CCOc1ccccc1NC(=O)c1csc(-c2cnccn2)n1. The first-order valence-electron chi connectivity index (χ1n) is 7.03. The van der Waals surface area contributed by atoms with Gasteiger partial charge in [0.1, 0.15) is 22.1 Å². The van der Waals surface area contributed by atoms with Gasteiger partial charge in [0, 0.05) is 17.8 Å². The van der Waals surface area contributed by atoms with Crippen molar-refractivity contribution in [3.8, 4) is 16.5 Å². The van der Waals surface area contributed by atoms with E-state index in [0.29, 0.717) is 34.4 Å². The quantitative estimate of drug-likeness (QED) is 0.779. The zero-order valence-electron chi connectivity index (χ0n) is 12.4. The number of amides is 1. The second-order valence-electron chi connectivity index (χ2n) is 4.51. The third kappa shape index (κ3) is 3.51. The number of thiazole rings is 1. The topological polar surface area (TPSA) is 77.0 Å². The van der Waals surface area contributed by atoms with Crippen LogP contribution in [-0.2, 0) is 0 Å². The van der Waals surface area contributed by atoms with Gasteiger partial charge in [-0.05, 0) is 19.1 Å². The summed E-state index contributed by atoms with van der Waals surface area (Å²) in [5, 5.41) is 5.17. The van der Waals surface area contributed by atoms with Crippen molar-refractivity contribution in [2.24, 2.45) is 0 Å². The summed E-state index contributed by atoms with van der Waals surface area (Å²) < 4.78 is 5.50. The van der Waals surface area contributed by atoms with E-state index in [2.05, 4.69) is 20.3 Å². The predicted octanol–water partition coefficient (Wildman–Crippen LogP) is 3.25. The van der Waals surface area contributed by atoms with Crippen molar-refractivity contribution in [1.82, 2.24) is 15.0 Å². The highest BCUT2D eigenvalue weighted by Gasteiger charge is 2.14. The van der Waals surface area contributed by atoms with Gasteiger partial charge in [-0.3, -0.25) is 14.8 Å². The summed E-state index contributed by atoms with van der Waals surface area (Å²) in [6.07, 6.45) is 4.80. The van der Waals surface area contributed by atoms with Crippen LogP contribution in [-0.4, -0.2) is 27.5 Å². The van der Waals surface area contributed by atoms with E-state index in [9.17, 15) is 4.79 Å². The van der Waals surface area contributed by atoms with Crippen molar-refractivity contribution in [2.75, 3.05) is 11.9 Å². The first-order valence-corrected chi connectivity index (χ1v) is 7.91. The number of rotatable bonds is 5. The van der Waals surface area contributed by atoms with E-state index in [-0.39, 0.29) is 5.91 Å². The normalized spacial score (nSPS) is 10.3. The third-order valence-electron chi connectivity index (χ3n) is 2.95. The molecule has 23 heavy (non-hydrogen) atoms. The first kappa shape index (κ1) is 15.1. The van der Waals surface area contributed by atoms with Crippen LogP contribution < -0.4 is 10.1 Å². The minimum Gasteiger partial charge on any atom is -0.492 e. The number of carbonyl (C=O) groups is 1. The van der Waals surface area contributed by atoms with Crippen LogP contribution in [0.1, 0.15) is 17.4 Å². The Morgan fingerprint density at radius 1 is 1.30 bits per heavy atom. The highest BCUT2D eigenvalue weighted by Crippen LogP contribution is 2.25. The van der Waals surface area contributed by atoms with E-state index in [0.717, 1.165) is 0 Å². The van der Waals surface area contributed by atoms with Crippen LogP contribution in [0.5, 0.6) is 5.75 Å². The van der Waals surface area contributed by atoms with Gasteiger partial charge in [0.05, 0.1) is 18.5 Å². The second-order valence-corrected chi connectivity index (χ2v) is 5.37. The molecule has 0 spiro atoms. The summed E-state index contributed by atoms with van der Waals surface area (Å²) in [4.78, 5) is 24.9. The highest BCUT2D eigenvalue weighted by atomic mass is 32.1. The lowest BCUT2D eigenvalue weighted by molar-refractivity contribution is 0.102. The lowest BCUT2D eigenvalue weighted by Crippen LogP contribution is -2.13. The van der Waals surface area contributed by atoms with Crippen LogP contribution in [0.2, 0.25) is 0 Å². The molecule has 1 N–H and O–H groups in total. The van der Waals surface area contributed by atoms with Crippen LogP contribution in [0.4, 0.5) is 5.69 Å². The maximum atomic E-state index is 12.4. The van der Waals surface area contributed by atoms with Crippen molar-refractivity contribution in [3.05, 3.63) is 53.9 Å². The number of carbonyl (C=O) groups excluding carboxylic acids is 1. The van der Waals surface area contributed by atoms with Gasteiger partial charge in [-0.25, -0.2) is 4.98 Å². The molecular formula is C16H14N4O2S. The molecule has 0 saturated heterocycles. The van der Waals surface area contributed by atoms with E-state index in [4.69, 9.17) is 4.74 Å². The molecule has 0 aliphatic rings. The largest absolute Gasteiger partial charge is 0.492 e. The Balaban J connectivity index is 1.78. The molecule has 0 aliphatic carbocycles. The van der Waals surface area contributed by atoms with Crippen LogP contribution in [0.25, 0.3) is 10.7 Å². The standard InChI is InChI=1S/C16H14N4O2S/c1-2-22-14-6-4-3-5-11(14)19-15(21)13-10-23-16(20-13)12-9-17-7-8-18-12/h3-10H,2H2,1H3,(H,19,21). The van der Waals surface area contributed by atoms with Gasteiger partial charge in [-0.15, -0.1) is 11.3 Å². The summed E-state index contributed by atoms with van der Waals surface area (Å²) >= 11 is 1.35. The summed E-state index contributed by atoms with van der Waals surface area (Å²) in [6.45, 7) is 2.42. The molecule has 1 aromatic carbocycles. The van der Waals surface area contributed by atoms with Crippen molar-refractivity contribution in [1.29, 1.82) is 0 Å². The number of nitrogens with one attached hydrogen (secondary N) is 1. The molecule has 1 amide bonds. The molecule has 0 atom stereocenters. The third-order valence-corrected chi connectivity index (χ3v) is 3.82. The van der Waals surface area contributed by atoms with E-state index in [1.165, 1.54) is 11.3 Å². The Bertz CT molecular complexity index is 805. The zero-order chi connectivity index (χ0) is 16.1. The molecule has 3 rings (SSSR count). The molecule has 0 unspecified atom stereocenters. The maximum absolute atomic E-state index is 12.4. The molecule has 0 fully saturated rings. The molecular weight excluding hydrogens is 312 g/mol. The molecule has 0 radical (unpaired) electrons. The van der Waals surface area contributed by atoms with Crippen LogP contribution >= 0.6 is 11.3 Å². The molecule has 0 saturated carbocycles. The number of para-hydroxylation sites is 2. The number of hydrogen-bond donors (Lipinski definition) is 1. The van der Waals surface area contributed by atoms with Crippen molar-refractivity contribution >= 4 is 22.9 Å². The Morgan fingerprint density at radius 3 is 2.96 bits per heavy atom. The minimum absolute atomic E-state index is 0.288. The van der Waals surface area contributed by atoms with Gasteiger partial charge in [0.15, 0.2) is 0 Å². The molecule has 7 heteroatoms. The Labute approximate surface area is 137 Å². The van der Waals surface area contributed by atoms with Crippen molar-refractivity contribution < 1.29 is 9.53 Å². The number of ether oxygens (including phenoxy) is 1. The monoisotopic (exact) mass is 326 g/mol. The fourth-order valence-electron chi connectivity index (χ4n) is 1.94. The molecule has 3 aromatic rings. The summed E-state index contributed by atoms with van der Waals surface area (Å²) in [6, 6.07) is 7.30. The van der Waals surface area contributed by atoms with E-state index < -0.39 is 0 Å². The van der Waals surface area contributed by atoms with E-state index in [1.54, 1.807) is 30.0 Å². The average Bonchev–Trinajstić information content (AvgIpc) is 3.08. The molecule has 2 heterocycles. The molecule has 0 aliphatic heterocycles. The fourth-order valence-corrected chi connectivity index (χ4v) is 2.70. The lowest BCUT2D eigenvalue weighted by Gasteiger charge is -2.10. The number of anilines is 1. The highest BCUT2D eigenvalue weighted by molar-refractivity contribution is 7.13. The Morgan fingerprint density at radius 2 is 2.17 bits per heavy atom. The van der Waals surface area contributed by atoms with Crippen LogP contribution in [0.15, 0.2) is 48.2 Å². The minimum atomic E-state index is -0.288. The van der Waals surface area contributed by atoms with Crippen LogP contribution in [0, 0.1) is 0 Å². The average molecular weight is 326 g/mol. The summed E-state index contributed by atoms with van der Waals surface area (Å²) in [5.74, 6) is 0.344. The Hall–Kier alpha value is -2.80. The Kier molecular flexibility index (Phi) is 4.58. The maximum Gasteiger partial charge on any atom is 0.275 e.